The summed E-state index contributed by atoms with van der Waals surface area (Å²) in [6.07, 6.45) is 1.22. The summed E-state index contributed by atoms with van der Waals surface area (Å²) in [5.41, 5.74) is 2.96. The Kier molecular flexibility index (Phi) is 4.13. The highest BCUT2D eigenvalue weighted by Gasteiger charge is 2.38. The number of fused-ring (bicyclic) bond motifs is 1. The van der Waals surface area contributed by atoms with E-state index in [2.05, 4.69) is 55.0 Å². The molecule has 20 heavy (non-hydrogen) atoms. The molecule has 0 bridgehead atoms. The van der Waals surface area contributed by atoms with Gasteiger partial charge in [0.05, 0.1) is 0 Å². The fourth-order valence-corrected chi connectivity index (χ4v) is 3.90. The first-order chi connectivity index (χ1) is 9.65. The third-order valence-electron chi connectivity index (χ3n) is 5.31. The van der Waals surface area contributed by atoms with Gasteiger partial charge in [0.25, 0.3) is 0 Å². The summed E-state index contributed by atoms with van der Waals surface area (Å²) in [7, 11) is 2.26. The number of rotatable bonds is 4. The van der Waals surface area contributed by atoms with Gasteiger partial charge in [-0.2, -0.15) is 0 Å². The molecule has 1 unspecified atom stereocenters. The van der Waals surface area contributed by atoms with E-state index in [0.717, 1.165) is 18.4 Å². The van der Waals surface area contributed by atoms with Gasteiger partial charge in [0.1, 0.15) is 0 Å². The highest BCUT2D eigenvalue weighted by atomic mass is 15.2. The highest BCUT2D eigenvalue weighted by molar-refractivity contribution is 5.25. The van der Waals surface area contributed by atoms with E-state index in [9.17, 15) is 0 Å². The Bertz CT molecular complexity index is 425. The average molecular weight is 272 g/mol. The Morgan fingerprint density at radius 3 is 2.20 bits per heavy atom. The second-order valence-corrected chi connectivity index (χ2v) is 6.99. The summed E-state index contributed by atoms with van der Waals surface area (Å²) in [6.45, 7) is 10.9. The minimum Gasteiger partial charge on any atom is -0.306 e. The van der Waals surface area contributed by atoms with Crippen molar-refractivity contribution in [1.29, 1.82) is 0 Å². The molecule has 2 saturated heterocycles. The van der Waals surface area contributed by atoms with Crippen LogP contribution in [0.4, 0.5) is 0 Å². The van der Waals surface area contributed by atoms with E-state index in [1.54, 1.807) is 0 Å². The van der Waals surface area contributed by atoms with Crippen LogP contribution < -0.4 is 0 Å². The van der Waals surface area contributed by atoms with Crippen LogP contribution in [0.15, 0.2) is 24.3 Å². The van der Waals surface area contributed by atoms with Crippen molar-refractivity contribution in [2.24, 2.45) is 11.8 Å². The minimum absolute atomic E-state index is 0.686. The van der Waals surface area contributed by atoms with Gasteiger partial charge in [0.2, 0.25) is 0 Å². The fraction of sp³-hybridized carbons (Fsp3) is 0.667. The lowest BCUT2D eigenvalue weighted by Gasteiger charge is -2.19. The van der Waals surface area contributed by atoms with Crippen molar-refractivity contribution in [2.75, 3.05) is 33.2 Å². The topological polar surface area (TPSA) is 6.48 Å². The van der Waals surface area contributed by atoms with E-state index >= 15 is 0 Å². The molecule has 2 nitrogen and oxygen atoms in total. The van der Waals surface area contributed by atoms with Crippen LogP contribution in [0.1, 0.15) is 37.3 Å². The van der Waals surface area contributed by atoms with Gasteiger partial charge in [-0.3, -0.25) is 4.90 Å². The third-order valence-corrected chi connectivity index (χ3v) is 5.31. The Labute approximate surface area is 123 Å². The van der Waals surface area contributed by atoms with Crippen LogP contribution >= 0.6 is 0 Å². The lowest BCUT2D eigenvalue weighted by Crippen LogP contribution is -2.26. The molecule has 0 aromatic heterocycles. The molecule has 0 amide bonds. The smallest absolute Gasteiger partial charge is 0.0233 e. The molecule has 2 aliphatic rings. The molecule has 2 fully saturated rings. The van der Waals surface area contributed by atoms with Crippen molar-refractivity contribution in [2.45, 2.75) is 32.7 Å². The number of hydrogen-bond acceptors (Lipinski definition) is 2. The maximum Gasteiger partial charge on any atom is 0.0233 e. The lowest BCUT2D eigenvalue weighted by molar-refractivity contribution is 0.272. The molecule has 3 rings (SSSR count). The zero-order valence-electron chi connectivity index (χ0n) is 13.2. The molecule has 2 heterocycles. The molecule has 2 aliphatic heterocycles. The molecular weight excluding hydrogens is 244 g/mol. The van der Waals surface area contributed by atoms with E-state index in [-0.39, 0.29) is 0 Å². The zero-order valence-corrected chi connectivity index (χ0v) is 13.2. The minimum atomic E-state index is 0.686. The second kappa shape index (κ2) is 5.87. The summed E-state index contributed by atoms with van der Waals surface area (Å²) in [5, 5.41) is 0. The SMILES string of the molecule is CCC(C)c1ccc(CN2C[C@H]3CN(C)C[C@H]3C2)cc1. The predicted molar refractivity (Wildman–Crippen MR) is 84.9 cm³/mol. The van der Waals surface area contributed by atoms with Crippen LogP contribution in [-0.4, -0.2) is 43.0 Å². The summed E-state index contributed by atoms with van der Waals surface area (Å²) >= 11 is 0. The molecule has 110 valence electrons. The van der Waals surface area contributed by atoms with Crippen molar-refractivity contribution in [3.05, 3.63) is 35.4 Å². The van der Waals surface area contributed by atoms with E-state index in [0.29, 0.717) is 5.92 Å². The van der Waals surface area contributed by atoms with Crippen molar-refractivity contribution in [3.63, 3.8) is 0 Å². The van der Waals surface area contributed by atoms with Gasteiger partial charge in [-0.15, -0.1) is 0 Å². The van der Waals surface area contributed by atoms with Crippen LogP contribution in [0.2, 0.25) is 0 Å². The van der Waals surface area contributed by atoms with Gasteiger partial charge in [0, 0.05) is 32.7 Å². The van der Waals surface area contributed by atoms with E-state index in [1.165, 1.54) is 43.7 Å². The van der Waals surface area contributed by atoms with Gasteiger partial charge in [0.15, 0.2) is 0 Å². The maximum absolute atomic E-state index is 2.65. The predicted octanol–water partition coefficient (Wildman–Crippen LogP) is 3.19. The molecule has 2 heteroatoms. The van der Waals surface area contributed by atoms with Crippen molar-refractivity contribution >= 4 is 0 Å². The number of nitrogens with zero attached hydrogens (tertiary/aromatic N) is 2. The first-order valence-electron chi connectivity index (χ1n) is 8.15. The summed E-state index contributed by atoms with van der Waals surface area (Å²) < 4.78 is 0. The van der Waals surface area contributed by atoms with E-state index in [4.69, 9.17) is 0 Å². The Morgan fingerprint density at radius 1 is 1.05 bits per heavy atom. The van der Waals surface area contributed by atoms with E-state index < -0.39 is 0 Å². The number of likely N-dealkylation sites (tertiary alicyclic amines) is 2. The summed E-state index contributed by atoms with van der Waals surface area (Å²) in [5.74, 6) is 2.52. The lowest BCUT2D eigenvalue weighted by atomic mass is 9.97. The maximum atomic E-state index is 2.65. The highest BCUT2D eigenvalue weighted by Crippen LogP contribution is 2.31. The van der Waals surface area contributed by atoms with Crippen LogP contribution in [0.3, 0.4) is 0 Å². The standard InChI is InChI=1S/C18H28N2/c1-4-14(2)16-7-5-15(6-8-16)9-20-12-17-10-19(3)11-18(17)13-20/h5-8,14,17-18H,4,9-13H2,1-3H3/t14?,17-,18+. The van der Waals surface area contributed by atoms with E-state index in [1.807, 2.05) is 0 Å². The second-order valence-electron chi connectivity index (χ2n) is 6.99. The molecule has 0 spiro atoms. The van der Waals surface area contributed by atoms with Crippen LogP contribution in [0.5, 0.6) is 0 Å². The molecule has 0 aliphatic carbocycles. The van der Waals surface area contributed by atoms with Crippen LogP contribution in [-0.2, 0) is 6.54 Å². The summed E-state index contributed by atoms with van der Waals surface area (Å²) in [4.78, 5) is 5.15. The van der Waals surface area contributed by atoms with Gasteiger partial charge in [-0.05, 0) is 42.3 Å². The molecule has 0 N–H and O–H groups in total. The Balaban J connectivity index is 1.57. The normalized spacial score (nSPS) is 28.8. The number of benzene rings is 1. The number of hydrogen-bond donors (Lipinski definition) is 0. The quantitative estimate of drug-likeness (QED) is 0.830. The third kappa shape index (κ3) is 2.91. The molecule has 1 aromatic carbocycles. The van der Waals surface area contributed by atoms with Crippen LogP contribution in [0, 0.1) is 11.8 Å². The average Bonchev–Trinajstić information content (AvgIpc) is 2.95. The van der Waals surface area contributed by atoms with Crippen molar-refractivity contribution < 1.29 is 0 Å². The summed E-state index contributed by atoms with van der Waals surface area (Å²) in [6, 6.07) is 9.33. The van der Waals surface area contributed by atoms with Gasteiger partial charge < -0.3 is 4.90 Å². The van der Waals surface area contributed by atoms with Crippen LogP contribution in [0.25, 0.3) is 0 Å². The van der Waals surface area contributed by atoms with Gasteiger partial charge >= 0.3 is 0 Å². The molecule has 1 aromatic rings. The van der Waals surface area contributed by atoms with Gasteiger partial charge in [-0.25, -0.2) is 0 Å². The first-order valence-corrected chi connectivity index (χ1v) is 8.15. The van der Waals surface area contributed by atoms with Gasteiger partial charge in [-0.1, -0.05) is 38.1 Å². The van der Waals surface area contributed by atoms with Crippen molar-refractivity contribution in [3.8, 4) is 0 Å². The molecule has 0 saturated carbocycles. The largest absolute Gasteiger partial charge is 0.306 e. The van der Waals surface area contributed by atoms with Crippen molar-refractivity contribution in [1.82, 2.24) is 9.80 Å². The zero-order chi connectivity index (χ0) is 14.1. The monoisotopic (exact) mass is 272 g/mol. The fourth-order valence-electron chi connectivity index (χ4n) is 3.90. The molecule has 0 radical (unpaired) electrons. The molecular formula is C18H28N2. The molecule has 3 atom stereocenters. The Hall–Kier alpha value is -0.860. The Morgan fingerprint density at radius 2 is 1.65 bits per heavy atom. The first kappa shape index (κ1) is 14.1.